The average Bonchev–Trinajstić information content (AvgIpc) is 2.90. The van der Waals surface area contributed by atoms with Crippen LogP contribution in [0.1, 0.15) is 12.0 Å². The summed E-state index contributed by atoms with van der Waals surface area (Å²) in [5.41, 5.74) is 6.32. The number of rotatable bonds is 5. The predicted molar refractivity (Wildman–Crippen MR) is 97.9 cm³/mol. The third kappa shape index (κ3) is 9.35. The van der Waals surface area contributed by atoms with Crippen molar-refractivity contribution in [2.75, 3.05) is 19.6 Å². The number of nitrogens with two attached hydrogens (primary N) is 1. The van der Waals surface area contributed by atoms with Crippen LogP contribution in [-0.2, 0) is 6.54 Å². The van der Waals surface area contributed by atoms with Crippen LogP contribution in [0.2, 0.25) is 0 Å². The van der Waals surface area contributed by atoms with Crippen LogP contribution < -0.4 is 15.8 Å². The van der Waals surface area contributed by atoms with Gasteiger partial charge in [0.05, 0.1) is 13.1 Å². The lowest BCUT2D eigenvalue weighted by molar-refractivity contribution is -0.274. The third-order valence-corrected chi connectivity index (χ3v) is 3.62. The number of aliphatic imine (C=N–C) groups is 1. The summed E-state index contributed by atoms with van der Waals surface area (Å²) in [6.45, 7) is -0.330. The molecule has 1 aromatic rings. The molecule has 0 saturated carbocycles. The minimum Gasteiger partial charge on any atom is -0.406 e. The number of ether oxygens (including phenoxy) is 1. The van der Waals surface area contributed by atoms with Crippen LogP contribution in [0.5, 0.6) is 5.75 Å². The highest BCUT2D eigenvalue weighted by molar-refractivity contribution is 14.0. The van der Waals surface area contributed by atoms with Gasteiger partial charge in [-0.3, -0.25) is 4.90 Å². The first-order chi connectivity index (χ1) is 12.0. The Hall–Kier alpha value is -1.44. The van der Waals surface area contributed by atoms with Gasteiger partial charge in [-0.1, -0.05) is 12.1 Å². The van der Waals surface area contributed by atoms with Gasteiger partial charge in [-0.25, -0.2) is 4.99 Å². The molecule has 154 valence electrons. The maximum atomic E-state index is 12.3. The molecule has 1 atom stereocenters. The van der Waals surface area contributed by atoms with Gasteiger partial charge in [-0.05, 0) is 24.1 Å². The molecule has 1 saturated heterocycles. The summed E-state index contributed by atoms with van der Waals surface area (Å²) in [7, 11) is 0. The maximum absolute atomic E-state index is 12.3. The first kappa shape index (κ1) is 23.6. The number of nitrogens with one attached hydrogen (secondary N) is 1. The van der Waals surface area contributed by atoms with Gasteiger partial charge in [-0.15, -0.1) is 37.1 Å². The molecule has 0 amide bonds. The van der Waals surface area contributed by atoms with Gasteiger partial charge in [0.25, 0.3) is 0 Å². The number of likely N-dealkylation sites (tertiary alicyclic amines) is 1. The van der Waals surface area contributed by atoms with Crippen molar-refractivity contribution in [2.24, 2.45) is 10.7 Å². The summed E-state index contributed by atoms with van der Waals surface area (Å²) in [5.74, 6) is -0.272. The Bertz CT molecular complexity index is 620. The number of guanidine groups is 1. The summed E-state index contributed by atoms with van der Waals surface area (Å²) in [6, 6.07) is 4.92. The highest BCUT2D eigenvalue weighted by Gasteiger charge is 2.34. The fourth-order valence-electron chi connectivity index (χ4n) is 2.58. The second-order valence-corrected chi connectivity index (χ2v) is 5.87. The number of hydrogen-bond donors (Lipinski definition) is 2. The molecular formula is C15H19F6IN4O. The van der Waals surface area contributed by atoms with E-state index in [2.05, 4.69) is 15.0 Å². The largest absolute Gasteiger partial charge is 0.573 e. The van der Waals surface area contributed by atoms with E-state index in [4.69, 9.17) is 5.73 Å². The highest BCUT2D eigenvalue weighted by atomic mass is 127. The zero-order valence-electron chi connectivity index (χ0n) is 14.0. The molecule has 3 N–H and O–H groups in total. The Labute approximate surface area is 169 Å². The number of nitrogens with zero attached hydrogens (tertiary/aromatic N) is 2. The number of benzene rings is 1. The average molecular weight is 512 g/mol. The van der Waals surface area contributed by atoms with Crippen molar-refractivity contribution in [2.45, 2.75) is 31.5 Å². The van der Waals surface area contributed by atoms with Gasteiger partial charge in [0.2, 0.25) is 0 Å². The summed E-state index contributed by atoms with van der Waals surface area (Å²) >= 11 is 0. The van der Waals surface area contributed by atoms with E-state index in [-0.39, 0.29) is 54.8 Å². The van der Waals surface area contributed by atoms with Gasteiger partial charge in [-0.2, -0.15) is 13.2 Å². The van der Waals surface area contributed by atoms with E-state index < -0.39 is 19.1 Å². The van der Waals surface area contributed by atoms with Crippen molar-refractivity contribution in [1.82, 2.24) is 10.2 Å². The lowest BCUT2D eigenvalue weighted by atomic mass is 10.2. The van der Waals surface area contributed by atoms with E-state index in [1.807, 2.05) is 0 Å². The Morgan fingerprint density at radius 2 is 1.81 bits per heavy atom. The van der Waals surface area contributed by atoms with E-state index in [0.717, 1.165) is 12.1 Å². The summed E-state index contributed by atoms with van der Waals surface area (Å²) in [5, 5.41) is 2.85. The molecule has 0 aromatic heterocycles. The van der Waals surface area contributed by atoms with Crippen molar-refractivity contribution in [3.63, 3.8) is 0 Å². The molecule has 0 aliphatic carbocycles. The van der Waals surface area contributed by atoms with Crippen molar-refractivity contribution >= 4 is 29.9 Å². The molecule has 12 heteroatoms. The van der Waals surface area contributed by atoms with Crippen LogP contribution in [0.4, 0.5) is 26.3 Å². The first-order valence-electron chi connectivity index (χ1n) is 7.70. The highest BCUT2D eigenvalue weighted by Crippen LogP contribution is 2.23. The maximum Gasteiger partial charge on any atom is 0.573 e. The monoisotopic (exact) mass is 512 g/mol. The summed E-state index contributed by atoms with van der Waals surface area (Å²) < 4.78 is 77.0. The molecule has 1 aliphatic rings. The normalized spacial score (nSPS) is 18.9. The molecule has 1 aliphatic heterocycles. The predicted octanol–water partition coefficient (Wildman–Crippen LogP) is 3.24. The van der Waals surface area contributed by atoms with E-state index in [1.165, 1.54) is 17.0 Å². The third-order valence-electron chi connectivity index (χ3n) is 3.62. The first-order valence-corrected chi connectivity index (χ1v) is 7.70. The topological polar surface area (TPSA) is 62.9 Å². The molecule has 0 bridgehead atoms. The van der Waals surface area contributed by atoms with Gasteiger partial charge in [0.15, 0.2) is 5.96 Å². The van der Waals surface area contributed by atoms with E-state index in [9.17, 15) is 26.3 Å². The molecule has 1 heterocycles. The van der Waals surface area contributed by atoms with E-state index >= 15 is 0 Å². The van der Waals surface area contributed by atoms with Crippen LogP contribution in [-0.4, -0.2) is 49.1 Å². The van der Waals surface area contributed by atoms with Crippen molar-refractivity contribution in [3.05, 3.63) is 29.8 Å². The molecule has 1 aromatic carbocycles. The molecule has 0 spiro atoms. The van der Waals surface area contributed by atoms with Gasteiger partial charge >= 0.3 is 12.5 Å². The quantitative estimate of drug-likeness (QED) is 0.276. The second kappa shape index (κ2) is 9.66. The fraction of sp³-hybridized carbons (Fsp3) is 0.533. The van der Waals surface area contributed by atoms with Crippen molar-refractivity contribution in [1.29, 1.82) is 0 Å². The number of hydrogen-bond acceptors (Lipinski definition) is 3. The zero-order valence-corrected chi connectivity index (χ0v) is 16.3. The summed E-state index contributed by atoms with van der Waals surface area (Å²) in [4.78, 5) is 5.32. The Balaban J connectivity index is 0.00000364. The lowest BCUT2D eigenvalue weighted by Gasteiger charge is -2.18. The molecule has 5 nitrogen and oxygen atoms in total. The van der Waals surface area contributed by atoms with E-state index in [0.29, 0.717) is 18.5 Å². The SMILES string of the molecule is I.NC(=NCc1ccc(OC(F)(F)F)cc1)NC1CCN(CC(F)(F)F)C1. The molecule has 27 heavy (non-hydrogen) atoms. The van der Waals surface area contributed by atoms with Gasteiger partial charge < -0.3 is 15.8 Å². The Kier molecular flexibility index (Phi) is 8.45. The van der Waals surface area contributed by atoms with Crippen molar-refractivity contribution < 1.29 is 31.1 Å². The smallest absolute Gasteiger partial charge is 0.406 e. The minimum atomic E-state index is -4.75. The molecule has 1 fully saturated rings. The number of alkyl halides is 6. The van der Waals surface area contributed by atoms with Crippen LogP contribution in [0.15, 0.2) is 29.3 Å². The van der Waals surface area contributed by atoms with Crippen molar-refractivity contribution in [3.8, 4) is 5.75 Å². The molecule has 0 radical (unpaired) electrons. The molecule has 2 rings (SSSR count). The van der Waals surface area contributed by atoms with Crippen LogP contribution >= 0.6 is 24.0 Å². The zero-order chi connectivity index (χ0) is 19.4. The molecular weight excluding hydrogens is 493 g/mol. The molecule has 1 unspecified atom stereocenters. The number of halogens is 7. The van der Waals surface area contributed by atoms with Gasteiger partial charge in [0, 0.05) is 19.1 Å². The van der Waals surface area contributed by atoms with Gasteiger partial charge in [0.1, 0.15) is 5.75 Å². The van der Waals surface area contributed by atoms with Crippen LogP contribution in [0.3, 0.4) is 0 Å². The lowest BCUT2D eigenvalue weighted by Crippen LogP contribution is -2.42. The summed E-state index contributed by atoms with van der Waals surface area (Å²) in [6.07, 6.45) is -8.48. The standard InChI is InChI=1S/C15H18F6N4O.HI/c16-14(17,18)9-25-6-5-11(8-25)24-13(22)23-7-10-1-3-12(4-2-10)26-15(19,20)21;/h1-4,11H,5-9H2,(H3,22,23,24);1H. The van der Waals surface area contributed by atoms with Crippen LogP contribution in [0.25, 0.3) is 0 Å². The Morgan fingerprint density at radius 1 is 1.19 bits per heavy atom. The minimum absolute atomic E-state index is 0. The Morgan fingerprint density at radius 3 is 2.37 bits per heavy atom. The fourth-order valence-corrected chi connectivity index (χ4v) is 2.58. The second-order valence-electron chi connectivity index (χ2n) is 5.87. The van der Waals surface area contributed by atoms with E-state index in [1.54, 1.807) is 0 Å². The van der Waals surface area contributed by atoms with Crippen LogP contribution in [0, 0.1) is 0 Å².